The van der Waals surface area contributed by atoms with E-state index < -0.39 is 0 Å². The van der Waals surface area contributed by atoms with E-state index in [-0.39, 0.29) is 28.8 Å². The molecule has 0 aliphatic carbocycles. The SMILES string of the molecule is CCc1c(C)cc(C(=O)N2CCCCOc3cc(cc4c3OCCN(C(=O)CCCn3cncn3)C4)-c3cc(ccc3OC)C(=O)NCCC2)c(=O)n1C. The number of carbonyl (C=O) groups is 3. The molecule has 0 unspecified atom stereocenters. The molecule has 0 saturated carbocycles. The van der Waals surface area contributed by atoms with E-state index >= 15 is 0 Å². The average molecular weight is 740 g/mol. The van der Waals surface area contributed by atoms with Crippen molar-refractivity contribution in [1.29, 1.82) is 0 Å². The van der Waals surface area contributed by atoms with Gasteiger partial charge in [0.1, 0.15) is 30.6 Å². The van der Waals surface area contributed by atoms with Crippen molar-refractivity contribution in [2.24, 2.45) is 7.05 Å². The van der Waals surface area contributed by atoms with Crippen LogP contribution in [0.15, 0.2) is 53.8 Å². The highest BCUT2D eigenvalue weighted by Gasteiger charge is 2.26. The summed E-state index contributed by atoms with van der Waals surface area (Å²) in [5.74, 6) is 1.09. The smallest absolute Gasteiger partial charge is 0.263 e. The first-order valence-electron chi connectivity index (χ1n) is 18.7. The van der Waals surface area contributed by atoms with Crippen LogP contribution in [0.5, 0.6) is 17.2 Å². The van der Waals surface area contributed by atoms with Crippen molar-refractivity contribution in [3.05, 3.63) is 87.4 Å². The Balaban J connectivity index is 1.27. The third kappa shape index (κ3) is 8.58. The van der Waals surface area contributed by atoms with Gasteiger partial charge in [-0.15, -0.1) is 0 Å². The molecule has 4 aromatic rings. The zero-order valence-corrected chi connectivity index (χ0v) is 31.6. The fraction of sp³-hybridized carbons (Fsp3) is 0.450. The Morgan fingerprint density at radius 3 is 2.57 bits per heavy atom. The van der Waals surface area contributed by atoms with E-state index in [4.69, 9.17) is 14.2 Å². The third-order valence-electron chi connectivity index (χ3n) is 10.0. The Labute approximate surface area is 315 Å². The molecule has 0 fully saturated rings. The molecular weight excluding hydrogens is 690 g/mol. The lowest BCUT2D eigenvalue weighted by molar-refractivity contribution is -0.132. The second-order valence-electron chi connectivity index (χ2n) is 13.7. The minimum absolute atomic E-state index is 0.00892. The van der Waals surface area contributed by atoms with E-state index in [1.165, 1.54) is 6.33 Å². The maximum atomic E-state index is 13.9. The second kappa shape index (κ2) is 17.4. The Bertz CT molecular complexity index is 2040. The number of aromatic nitrogens is 4. The van der Waals surface area contributed by atoms with Crippen molar-refractivity contribution in [2.75, 3.05) is 46.5 Å². The van der Waals surface area contributed by atoms with Gasteiger partial charge in [-0.25, -0.2) is 4.98 Å². The van der Waals surface area contributed by atoms with Gasteiger partial charge in [-0.05, 0) is 86.6 Å². The van der Waals surface area contributed by atoms with E-state index in [0.29, 0.717) is 119 Å². The number of nitrogens with zero attached hydrogens (tertiary/aromatic N) is 6. The molecule has 0 spiro atoms. The molecule has 1 N–H and O–H groups in total. The van der Waals surface area contributed by atoms with E-state index in [2.05, 4.69) is 15.4 Å². The van der Waals surface area contributed by atoms with E-state index in [1.807, 2.05) is 26.0 Å². The lowest BCUT2D eigenvalue weighted by atomic mass is 9.98. The largest absolute Gasteiger partial charge is 0.496 e. The summed E-state index contributed by atoms with van der Waals surface area (Å²) in [6, 6.07) is 10.8. The quantitative estimate of drug-likeness (QED) is 0.295. The van der Waals surface area contributed by atoms with Gasteiger partial charge < -0.3 is 33.9 Å². The highest BCUT2D eigenvalue weighted by molar-refractivity contribution is 5.96. The molecule has 6 rings (SSSR count). The van der Waals surface area contributed by atoms with E-state index in [1.54, 1.807) is 63.8 Å². The van der Waals surface area contributed by atoms with Gasteiger partial charge in [0.2, 0.25) is 5.91 Å². The molecule has 0 atom stereocenters. The minimum Gasteiger partial charge on any atom is -0.496 e. The van der Waals surface area contributed by atoms with Crippen LogP contribution >= 0.6 is 0 Å². The lowest BCUT2D eigenvalue weighted by Crippen LogP contribution is -2.39. The van der Waals surface area contributed by atoms with E-state index in [0.717, 1.165) is 22.4 Å². The number of hydrogen-bond donors (Lipinski definition) is 1. The second-order valence-corrected chi connectivity index (χ2v) is 13.7. The molecule has 2 aromatic carbocycles. The Hall–Kier alpha value is -5.66. The summed E-state index contributed by atoms with van der Waals surface area (Å²) >= 11 is 0. The minimum atomic E-state index is -0.324. The Morgan fingerprint density at radius 1 is 0.963 bits per heavy atom. The van der Waals surface area contributed by atoms with Crippen LogP contribution in [-0.4, -0.2) is 93.4 Å². The number of hydrogen-bond acceptors (Lipinski definition) is 9. The normalized spacial score (nSPS) is 15.2. The van der Waals surface area contributed by atoms with Gasteiger partial charge in [0, 0.05) is 68.6 Å². The molecule has 0 radical (unpaired) electrons. The standard InChI is InChI=1S/C40H49N7O7/c1-5-33-27(2)20-32(39(50)44(33)3)40(51)45-14-6-7-18-53-35-23-29(31-22-28(11-12-34(31)52-4)38(49)42-13-9-15-45)21-30-24-46(17-19-54-37(30)35)36(48)10-8-16-47-26-41-25-43-47/h11-12,20-23,25-26H,5-10,13-19,24H2,1-4H3,(H,42,49). The number of benzene rings is 2. The zero-order chi connectivity index (χ0) is 38.2. The number of rotatable bonds is 7. The Kier molecular flexibility index (Phi) is 12.3. The topological polar surface area (TPSA) is 150 Å². The molecule has 4 bridgehead atoms. The number of carbonyl (C=O) groups excluding carboxylic acids is 3. The monoisotopic (exact) mass is 739 g/mol. The van der Waals surface area contributed by atoms with Crippen LogP contribution in [0.4, 0.5) is 0 Å². The van der Waals surface area contributed by atoms with Crippen LogP contribution in [0, 0.1) is 6.92 Å². The fourth-order valence-corrected chi connectivity index (χ4v) is 7.18. The molecule has 4 heterocycles. The molecule has 286 valence electrons. The van der Waals surface area contributed by atoms with Gasteiger partial charge in [-0.2, -0.15) is 5.10 Å². The van der Waals surface area contributed by atoms with Gasteiger partial charge in [-0.1, -0.05) is 6.92 Å². The number of amides is 3. The van der Waals surface area contributed by atoms with E-state index in [9.17, 15) is 19.2 Å². The average Bonchev–Trinajstić information content (AvgIpc) is 3.60. The first-order valence-corrected chi connectivity index (χ1v) is 18.7. The van der Waals surface area contributed by atoms with Crippen LogP contribution < -0.4 is 25.1 Å². The molecule has 2 aliphatic rings. The van der Waals surface area contributed by atoms with Gasteiger partial charge in [0.25, 0.3) is 17.4 Å². The zero-order valence-electron chi connectivity index (χ0n) is 31.6. The number of aryl methyl sites for hydroxylation is 2. The number of pyridine rings is 1. The molecule has 0 saturated heterocycles. The summed E-state index contributed by atoms with van der Waals surface area (Å²) in [4.78, 5) is 61.5. The molecule has 2 aliphatic heterocycles. The molecule has 54 heavy (non-hydrogen) atoms. The molecular formula is C40H49N7O7. The van der Waals surface area contributed by atoms with Crippen LogP contribution in [0.2, 0.25) is 0 Å². The molecule has 2 aromatic heterocycles. The first kappa shape index (κ1) is 38.1. The van der Waals surface area contributed by atoms with Crippen molar-refractivity contribution in [3.8, 4) is 28.4 Å². The van der Waals surface area contributed by atoms with Crippen molar-refractivity contribution in [2.45, 2.75) is 65.5 Å². The maximum Gasteiger partial charge on any atom is 0.263 e. The number of fused-ring (bicyclic) bond motifs is 7. The maximum absolute atomic E-state index is 13.9. The molecule has 14 heteroatoms. The van der Waals surface area contributed by atoms with Gasteiger partial charge >= 0.3 is 0 Å². The van der Waals surface area contributed by atoms with Gasteiger partial charge in [0.05, 0.1) is 20.3 Å². The molecule has 3 amide bonds. The van der Waals surface area contributed by atoms with Crippen LogP contribution in [0.3, 0.4) is 0 Å². The van der Waals surface area contributed by atoms with Crippen LogP contribution in [0.25, 0.3) is 11.1 Å². The first-order chi connectivity index (χ1) is 26.2. The Morgan fingerprint density at radius 2 is 1.80 bits per heavy atom. The summed E-state index contributed by atoms with van der Waals surface area (Å²) in [6.45, 7) is 6.98. The van der Waals surface area contributed by atoms with Crippen molar-refractivity contribution in [3.63, 3.8) is 0 Å². The predicted molar refractivity (Wildman–Crippen MR) is 202 cm³/mol. The van der Waals surface area contributed by atoms with Crippen LogP contribution in [0.1, 0.15) is 76.6 Å². The fourth-order valence-electron chi connectivity index (χ4n) is 7.18. The van der Waals surface area contributed by atoms with Gasteiger partial charge in [0.15, 0.2) is 11.5 Å². The molecule has 14 nitrogen and oxygen atoms in total. The third-order valence-corrected chi connectivity index (χ3v) is 10.0. The number of nitrogens with one attached hydrogen (secondary N) is 1. The highest BCUT2D eigenvalue weighted by Crippen LogP contribution is 2.41. The summed E-state index contributed by atoms with van der Waals surface area (Å²) in [5, 5.41) is 7.12. The summed E-state index contributed by atoms with van der Waals surface area (Å²) in [5.41, 5.74) is 4.29. The lowest BCUT2D eigenvalue weighted by Gasteiger charge is -2.24. The van der Waals surface area contributed by atoms with Crippen molar-refractivity contribution in [1.82, 2.24) is 34.4 Å². The number of ether oxygens (including phenoxy) is 3. The van der Waals surface area contributed by atoms with Gasteiger partial charge in [-0.3, -0.25) is 23.9 Å². The summed E-state index contributed by atoms with van der Waals surface area (Å²) < 4.78 is 21.7. The van der Waals surface area contributed by atoms with Crippen molar-refractivity contribution >= 4 is 17.7 Å². The summed E-state index contributed by atoms with van der Waals surface area (Å²) in [7, 11) is 3.29. The predicted octanol–water partition coefficient (Wildman–Crippen LogP) is 4.16. The van der Waals surface area contributed by atoms with Crippen molar-refractivity contribution < 1.29 is 28.6 Å². The summed E-state index contributed by atoms with van der Waals surface area (Å²) in [6.07, 6.45) is 6.52. The highest BCUT2D eigenvalue weighted by atomic mass is 16.5. The number of methoxy groups -OCH3 is 1. The van der Waals surface area contributed by atoms with Crippen LogP contribution in [-0.2, 0) is 31.4 Å².